The van der Waals surface area contributed by atoms with Gasteiger partial charge in [0.05, 0.1) is 0 Å². The Hall–Kier alpha value is 1.62. The quantitative estimate of drug-likeness (QED) is 0.463. The first-order valence-corrected chi connectivity index (χ1v) is 0.753. The molecule has 4 heteroatoms. The van der Waals surface area contributed by atoms with Crippen LogP contribution in [-0.2, 0) is 59.8 Å². The Bertz CT molecular complexity index is 8.00. The molecular weight excluding hydrogens is 171 g/mol. The van der Waals surface area contributed by atoms with Crippen LogP contribution in [0.5, 0.6) is 0 Å². The zero-order valence-electron chi connectivity index (χ0n) is 1.71. The average Bonchev–Trinajstić information content (AvgIpc) is 1.00. The van der Waals surface area contributed by atoms with E-state index in [0.29, 0.717) is 0 Å². The van der Waals surface area contributed by atoms with Gasteiger partial charge in [0.2, 0.25) is 0 Å². The van der Waals surface area contributed by atoms with Crippen molar-refractivity contribution in [2.24, 2.45) is 0 Å². The second kappa shape index (κ2) is 23.1. The van der Waals surface area contributed by atoms with Crippen molar-refractivity contribution in [1.82, 2.24) is 0 Å². The van der Waals surface area contributed by atoms with E-state index in [4.69, 9.17) is 3.67 Å². The van der Waals surface area contributed by atoms with E-state index in [1.165, 1.54) is 0 Å². The molecule has 0 N–H and O–H groups in total. The Labute approximate surface area is 59.5 Å². The number of rotatable bonds is 0. The van der Waals surface area contributed by atoms with Crippen molar-refractivity contribution in [3.63, 3.8) is 0 Å². The van der Waals surface area contributed by atoms with Gasteiger partial charge in [-0.05, 0) is 0 Å². The van der Waals surface area contributed by atoms with Crippen LogP contribution in [0, 0.1) is 0 Å². The average molecular weight is 171 g/mol. The van der Waals surface area contributed by atoms with E-state index in [0.717, 1.165) is 17.4 Å². The third kappa shape index (κ3) is 9.47. The Morgan fingerprint density at radius 1 is 1.25 bits per heavy atom. The molecule has 4 heavy (non-hydrogen) atoms. The summed E-state index contributed by atoms with van der Waals surface area (Å²) in [6.07, 6.45) is 0. The van der Waals surface area contributed by atoms with Gasteiger partial charge in [0.15, 0.2) is 0 Å². The molecule has 0 aromatic rings. The minimum absolute atomic E-state index is 0. The molecule has 0 aromatic heterocycles. The molecule has 1 nitrogen and oxygen atoms in total. The van der Waals surface area contributed by atoms with E-state index in [1.807, 2.05) is 0 Å². The van der Waals surface area contributed by atoms with Gasteiger partial charge >= 0.3 is 21.0 Å². The van der Waals surface area contributed by atoms with Crippen molar-refractivity contribution in [3.8, 4) is 0 Å². The fraction of sp³-hybridized carbons (Fsp3) is 0. The van der Waals surface area contributed by atoms with Gasteiger partial charge in [-0.1, -0.05) is 0 Å². The first-order valence-electron chi connectivity index (χ1n) is 0.183. The summed E-state index contributed by atoms with van der Waals surface area (Å²) in [5.41, 5.74) is 0. The summed E-state index contributed by atoms with van der Waals surface area (Å²) in [6, 6.07) is 0. The minimum atomic E-state index is 0. The van der Waals surface area contributed by atoms with Crippen LogP contribution in [0.2, 0.25) is 0 Å². The normalized spacial score (nSPS) is 0.750. The second-order valence-corrected chi connectivity index (χ2v) is 0. The molecule has 0 heterocycles. The molecule has 0 saturated carbocycles. The molecule has 0 aliphatic rings. The molecule has 0 fully saturated rings. The summed E-state index contributed by atoms with van der Waals surface area (Å²) in [4.78, 5) is 0. The molecule has 0 saturated heterocycles. The van der Waals surface area contributed by atoms with E-state index in [-0.39, 0.29) is 38.8 Å². The third-order valence-corrected chi connectivity index (χ3v) is 0. The molecule has 0 aliphatic heterocycles. The summed E-state index contributed by atoms with van der Waals surface area (Å²) in [5.74, 6) is 0. The largest absolute Gasteiger partial charge is 0 e. The van der Waals surface area contributed by atoms with Crippen molar-refractivity contribution in [3.05, 3.63) is 0 Å². The number of hydrogen-bond acceptors (Lipinski definition) is 1. The maximum absolute atomic E-state index is 8.19. The number of hydrogen-bond donors (Lipinski definition) is 0. The Morgan fingerprint density at radius 3 is 1.25 bits per heavy atom. The topological polar surface area (TPSA) is 17.1 Å². The molecule has 0 rings (SSSR count). The second-order valence-electron chi connectivity index (χ2n) is 0. The van der Waals surface area contributed by atoms with E-state index in [9.17, 15) is 0 Å². The first kappa shape index (κ1) is 17.5. The maximum atomic E-state index is 8.19. The molecule has 0 atom stereocenters. The molecule has 0 amide bonds. The smallest absolute Gasteiger partial charge is 0 e. The minimum Gasteiger partial charge on any atom is 0 e. The van der Waals surface area contributed by atoms with Gasteiger partial charge in [-0.3, -0.25) is 0 Å². The van der Waals surface area contributed by atoms with E-state index >= 15 is 0 Å². The molecule has 0 bridgehead atoms. The summed E-state index contributed by atoms with van der Waals surface area (Å²) in [7, 11) is 0. The Balaban J connectivity index is -0.00000000500. The van der Waals surface area contributed by atoms with E-state index in [1.54, 1.807) is 0 Å². The standard InChI is InChI=1S/Fe.O.Ti.V. The summed E-state index contributed by atoms with van der Waals surface area (Å²) >= 11 is 1.06. The molecule has 0 spiro atoms. The van der Waals surface area contributed by atoms with Crippen molar-refractivity contribution < 1.29 is 59.8 Å². The Morgan fingerprint density at radius 2 is 1.25 bits per heavy atom. The van der Waals surface area contributed by atoms with Gasteiger partial charge in [0.1, 0.15) is 0 Å². The van der Waals surface area contributed by atoms with Crippen LogP contribution in [0.15, 0.2) is 0 Å². The van der Waals surface area contributed by atoms with Crippen molar-refractivity contribution in [2.45, 2.75) is 0 Å². The summed E-state index contributed by atoms with van der Waals surface area (Å²) in [6.45, 7) is 0. The predicted molar refractivity (Wildman–Crippen MR) is 0.686 cm³/mol. The van der Waals surface area contributed by atoms with Crippen LogP contribution >= 0.6 is 0 Å². The maximum Gasteiger partial charge on any atom is 0 e. The Kier molecular flexibility index (Phi) is 101. The van der Waals surface area contributed by atoms with Gasteiger partial charge < -0.3 is 0 Å². The van der Waals surface area contributed by atoms with Crippen LogP contribution in [0.4, 0.5) is 0 Å². The molecule has 23 valence electrons. The molecule has 0 aromatic carbocycles. The monoisotopic (exact) mass is 171 g/mol. The molecular formula is FeOTiV. The fourth-order valence-electron chi connectivity index (χ4n) is 0. The first-order chi connectivity index (χ1) is 1.00. The molecule has 0 aliphatic carbocycles. The zero-order chi connectivity index (χ0) is 2.00. The van der Waals surface area contributed by atoms with Crippen LogP contribution in [0.25, 0.3) is 0 Å². The van der Waals surface area contributed by atoms with Crippen LogP contribution in [-0.4, -0.2) is 0 Å². The van der Waals surface area contributed by atoms with Gasteiger partial charge in [-0.25, -0.2) is 0 Å². The SMILES string of the molecule is [Fe].[O]=[V].[Ti]. The van der Waals surface area contributed by atoms with Crippen LogP contribution in [0.1, 0.15) is 0 Å². The van der Waals surface area contributed by atoms with Crippen molar-refractivity contribution in [2.75, 3.05) is 0 Å². The van der Waals surface area contributed by atoms with E-state index in [2.05, 4.69) is 0 Å². The van der Waals surface area contributed by atoms with Crippen LogP contribution < -0.4 is 0 Å². The third-order valence-electron chi connectivity index (χ3n) is 0. The van der Waals surface area contributed by atoms with E-state index < -0.39 is 0 Å². The van der Waals surface area contributed by atoms with Gasteiger partial charge in [-0.15, -0.1) is 0 Å². The molecule has 0 radical (unpaired) electrons. The van der Waals surface area contributed by atoms with Crippen LogP contribution in [0.3, 0.4) is 0 Å². The fourth-order valence-corrected chi connectivity index (χ4v) is 0. The summed E-state index contributed by atoms with van der Waals surface area (Å²) in [5, 5.41) is 0. The van der Waals surface area contributed by atoms with Crippen molar-refractivity contribution in [1.29, 1.82) is 0 Å². The van der Waals surface area contributed by atoms with Gasteiger partial charge in [0, 0.05) is 38.8 Å². The zero-order valence-corrected chi connectivity index (χ0v) is 5.77. The molecule has 0 unspecified atom stereocenters. The van der Waals surface area contributed by atoms with Gasteiger partial charge in [-0.2, -0.15) is 0 Å². The van der Waals surface area contributed by atoms with Crippen molar-refractivity contribution >= 4 is 0 Å². The van der Waals surface area contributed by atoms with Gasteiger partial charge in [0.25, 0.3) is 0 Å². The predicted octanol–water partition coefficient (Wildman–Crippen LogP) is -0.126. The summed E-state index contributed by atoms with van der Waals surface area (Å²) < 4.78 is 8.19.